The molecule has 4 nitrogen and oxygen atoms in total. The van der Waals surface area contributed by atoms with Gasteiger partial charge in [-0.3, -0.25) is 5.32 Å². The predicted octanol–water partition coefficient (Wildman–Crippen LogP) is 2.74. The van der Waals surface area contributed by atoms with Crippen molar-refractivity contribution >= 4 is 0 Å². The Morgan fingerprint density at radius 3 is 2.16 bits per heavy atom. The van der Waals surface area contributed by atoms with Crippen LogP contribution in [0, 0.1) is 11.3 Å². The summed E-state index contributed by atoms with van der Waals surface area (Å²) in [7, 11) is 0. The molecule has 19 heavy (non-hydrogen) atoms. The highest BCUT2D eigenvalue weighted by Gasteiger charge is 2.25. The van der Waals surface area contributed by atoms with E-state index in [1.165, 1.54) is 0 Å². The third-order valence-electron chi connectivity index (χ3n) is 2.52. The van der Waals surface area contributed by atoms with Crippen molar-refractivity contribution in [1.82, 2.24) is 5.32 Å². The van der Waals surface area contributed by atoms with Crippen LogP contribution < -0.4 is 14.8 Å². The van der Waals surface area contributed by atoms with Gasteiger partial charge in [-0.15, -0.1) is 0 Å². The van der Waals surface area contributed by atoms with Crippen LogP contribution in [0.5, 0.6) is 11.5 Å². The molecule has 1 N–H and O–H groups in total. The van der Waals surface area contributed by atoms with E-state index in [2.05, 4.69) is 11.4 Å². The Labute approximate surface area is 115 Å². The number of nitrogens with one attached hydrogen (secondary N) is 1. The minimum atomic E-state index is -0.688. The zero-order valence-corrected chi connectivity index (χ0v) is 12.1. The normalized spacial score (nSPS) is 13.7. The van der Waals surface area contributed by atoms with Crippen LogP contribution in [0.1, 0.15) is 27.7 Å². The van der Waals surface area contributed by atoms with Gasteiger partial charge in [-0.05, 0) is 52.0 Å². The summed E-state index contributed by atoms with van der Waals surface area (Å²) in [5.74, 6) is 1.55. The second-order valence-corrected chi connectivity index (χ2v) is 4.94. The molecule has 0 heterocycles. The Hall–Kier alpha value is -1.73. The predicted molar refractivity (Wildman–Crippen MR) is 75.4 cm³/mol. The molecule has 0 aliphatic rings. The van der Waals surface area contributed by atoms with Gasteiger partial charge in [0.1, 0.15) is 23.6 Å². The highest BCUT2D eigenvalue weighted by atomic mass is 16.5. The summed E-state index contributed by atoms with van der Waals surface area (Å²) in [4.78, 5) is 0. The molecule has 104 valence electrons. The molecule has 0 aliphatic heterocycles. The summed E-state index contributed by atoms with van der Waals surface area (Å²) in [5, 5.41) is 12.4. The fourth-order valence-corrected chi connectivity index (χ4v) is 1.77. The quantitative estimate of drug-likeness (QED) is 0.821. The van der Waals surface area contributed by atoms with E-state index in [1.807, 2.05) is 52.0 Å². The maximum absolute atomic E-state index is 9.21. The van der Waals surface area contributed by atoms with Crippen LogP contribution in [-0.2, 0) is 0 Å². The largest absolute Gasteiger partial charge is 0.494 e. The number of hydrogen-bond donors (Lipinski definition) is 1. The van der Waals surface area contributed by atoms with Gasteiger partial charge in [-0.2, -0.15) is 5.26 Å². The minimum absolute atomic E-state index is 0.230. The van der Waals surface area contributed by atoms with Crippen molar-refractivity contribution in [3.8, 4) is 17.6 Å². The van der Waals surface area contributed by atoms with Gasteiger partial charge in [-0.25, -0.2) is 0 Å². The molecule has 0 amide bonds. The first-order valence-electron chi connectivity index (χ1n) is 6.53. The van der Waals surface area contributed by atoms with Crippen LogP contribution in [0.2, 0.25) is 0 Å². The third kappa shape index (κ3) is 5.19. The Morgan fingerprint density at radius 2 is 1.74 bits per heavy atom. The van der Waals surface area contributed by atoms with E-state index < -0.39 is 5.54 Å². The fraction of sp³-hybridized carbons (Fsp3) is 0.533. The van der Waals surface area contributed by atoms with Crippen LogP contribution >= 0.6 is 0 Å². The fourth-order valence-electron chi connectivity index (χ4n) is 1.77. The summed E-state index contributed by atoms with van der Waals surface area (Å²) >= 11 is 0. The topological polar surface area (TPSA) is 54.3 Å². The number of benzene rings is 1. The maximum atomic E-state index is 9.21. The van der Waals surface area contributed by atoms with Gasteiger partial charge in [0.2, 0.25) is 0 Å². The highest BCUT2D eigenvalue weighted by Crippen LogP contribution is 2.18. The zero-order chi connectivity index (χ0) is 14.3. The molecule has 0 bridgehead atoms. The minimum Gasteiger partial charge on any atom is -0.494 e. The SMILES string of the molecule is CCOc1ccc(OCC(C)(C#N)NC(C)C)cc1. The highest BCUT2D eigenvalue weighted by molar-refractivity contribution is 5.31. The van der Waals surface area contributed by atoms with E-state index in [0.717, 1.165) is 11.5 Å². The second kappa shape index (κ2) is 7.01. The van der Waals surface area contributed by atoms with E-state index >= 15 is 0 Å². The van der Waals surface area contributed by atoms with E-state index in [9.17, 15) is 5.26 Å². The van der Waals surface area contributed by atoms with Crippen LogP contribution in [0.4, 0.5) is 0 Å². The standard InChI is InChI=1S/C15H22N2O2/c1-5-18-13-6-8-14(9-7-13)19-11-15(4,10-16)17-12(2)3/h6-9,12,17H,5,11H2,1-4H3. The molecule has 1 rings (SSSR count). The number of nitriles is 1. The summed E-state index contributed by atoms with van der Waals surface area (Å²) in [5.41, 5.74) is -0.688. The molecule has 0 radical (unpaired) electrons. The van der Waals surface area contributed by atoms with Gasteiger partial charge in [0, 0.05) is 6.04 Å². The Bertz CT molecular complexity index is 423. The molecule has 0 saturated heterocycles. The molecule has 4 heteroatoms. The van der Waals surface area contributed by atoms with Crippen molar-refractivity contribution in [2.75, 3.05) is 13.2 Å². The van der Waals surface area contributed by atoms with Gasteiger partial charge in [-0.1, -0.05) is 0 Å². The van der Waals surface area contributed by atoms with Crippen molar-refractivity contribution < 1.29 is 9.47 Å². The van der Waals surface area contributed by atoms with Gasteiger partial charge >= 0.3 is 0 Å². The van der Waals surface area contributed by atoms with Gasteiger partial charge in [0.15, 0.2) is 0 Å². The maximum Gasteiger partial charge on any atom is 0.138 e. The first kappa shape index (κ1) is 15.3. The zero-order valence-electron chi connectivity index (χ0n) is 12.1. The van der Waals surface area contributed by atoms with Crippen LogP contribution in [0.15, 0.2) is 24.3 Å². The van der Waals surface area contributed by atoms with Crippen molar-refractivity contribution in [3.05, 3.63) is 24.3 Å². The summed E-state index contributed by atoms with van der Waals surface area (Å²) < 4.78 is 11.0. The first-order chi connectivity index (χ1) is 8.99. The van der Waals surface area contributed by atoms with Crippen molar-refractivity contribution in [2.24, 2.45) is 0 Å². The van der Waals surface area contributed by atoms with Crippen molar-refractivity contribution in [2.45, 2.75) is 39.3 Å². The molecule has 0 fully saturated rings. The molecule has 1 unspecified atom stereocenters. The van der Waals surface area contributed by atoms with E-state index in [1.54, 1.807) is 0 Å². The molecular weight excluding hydrogens is 240 g/mol. The molecule has 0 spiro atoms. The lowest BCUT2D eigenvalue weighted by molar-refractivity contribution is 0.224. The van der Waals surface area contributed by atoms with Crippen molar-refractivity contribution in [1.29, 1.82) is 5.26 Å². The molecule has 1 aromatic carbocycles. The molecular formula is C15H22N2O2. The number of nitrogens with zero attached hydrogens (tertiary/aromatic N) is 1. The number of hydrogen-bond acceptors (Lipinski definition) is 4. The lowest BCUT2D eigenvalue weighted by Crippen LogP contribution is -2.49. The van der Waals surface area contributed by atoms with Gasteiger partial charge in [0.05, 0.1) is 12.7 Å². The average molecular weight is 262 g/mol. The second-order valence-electron chi connectivity index (χ2n) is 4.94. The summed E-state index contributed by atoms with van der Waals surface area (Å²) in [6.45, 7) is 8.74. The van der Waals surface area contributed by atoms with E-state index in [-0.39, 0.29) is 6.04 Å². The molecule has 0 aliphatic carbocycles. The average Bonchev–Trinajstić information content (AvgIpc) is 2.38. The lowest BCUT2D eigenvalue weighted by atomic mass is 10.1. The monoisotopic (exact) mass is 262 g/mol. The summed E-state index contributed by atoms with van der Waals surface area (Å²) in [6.07, 6.45) is 0. The Balaban J connectivity index is 2.57. The van der Waals surface area contributed by atoms with E-state index in [4.69, 9.17) is 9.47 Å². The number of ether oxygens (including phenoxy) is 2. The third-order valence-corrected chi connectivity index (χ3v) is 2.52. The van der Waals surface area contributed by atoms with Gasteiger partial charge < -0.3 is 9.47 Å². The molecule has 1 aromatic rings. The van der Waals surface area contributed by atoms with Gasteiger partial charge in [0.25, 0.3) is 0 Å². The lowest BCUT2D eigenvalue weighted by Gasteiger charge is -2.25. The first-order valence-corrected chi connectivity index (χ1v) is 6.53. The molecule has 0 aromatic heterocycles. The van der Waals surface area contributed by atoms with Crippen LogP contribution in [0.25, 0.3) is 0 Å². The van der Waals surface area contributed by atoms with Crippen LogP contribution in [0.3, 0.4) is 0 Å². The smallest absolute Gasteiger partial charge is 0.138 e. The number of rotatable bonds is 7. The van der Waals surface area contributed by atoms with E-state index in [0.29, 0.717) is 13.2 Å². The van der Waals surface area contributed by atoms with Crippen molar-refractivity contribution in [3.63, 3.8) is 0 Å². The Morgan fingerprint density at radius 1 is 1.21 bits per heavy atom. The van der Waals surface area contributed by atoms with Crippen LogP contribution in [-0.4, -0.2) is 24.8 Å². The summed E-state index contributed by atoms with van der Waals surface area (Å²) in [6, 6.07) is 9.89. The Kier molecular flexibility index (Phi) is 5.65. The molecule has 1 atom stereocenters. The molecule has 0 saturated carbocycles.